The molecule has 2 rings (SSSR count). The Morgan fingerprint density at radius 1 is 1.45 bits per heavy atom. The first-order chi connectivity index (χ1) is 9.42. The molecule has 0 saturated heterocycles. The van der Waals surface area contributed by atoms with Gasteiger partial charge in [0.2, 0.25) is 5.95 Å². The fourth-order valence-corrected chi connectivity index (χ4v) is 3.27. The Labute approximate surface area is 124 Å². The van der Waals surface area contributed by atoms with Crippen LogP contribution in [0.3, 0.4) is 0 Å². The van der Waals surface area contributed by atoms with Gasteiger partial charge in [-0.15, -0.1) is 5.10 Å². The van der Waals surface area contributed by atoms with E-state index >= 15 is 0 Å². The maximum atomic E-state index is 12.3. The van der Waals surface area contributed by atoms with Crippen molar-refractivity contribution >= 4 is 31.9 Å². The molecule has 1 heterocycles. The second-order valence-electron chi connectivity index (χ2n) is 3.91. The predicted octanol–water partition coefficient (Wildman–Crippen LogP) is 2.08. The first-order valence-electron chi connectivity index (χ1n) is 5.76. The summed E-state index contributed by atoms with van der Waals surface area (Å²) in [5.41, 5.74) is 0.630. The number of benzene rings is 1. The highest BCUT2D eigenvalue weighted by Gasteiger charge is 2.19. The lowest BCUT2D eigenvalue weighted by atomic mass is 10.2. The minimum atomic E-state index is -3.74. The van der Waals surface area contributed by atoms with Crippen molar-refractivity contribution in [3.05, 3.63) is 28.2 Å². The summed E-state index contributed by atoms with van der Waals surface area (Å²) >= 11 is 3.25. The molecule has 108 valence electrons. The van der Waals surface area contributed by atoms with Gasteiger partial charge in [-0.2, -0.15) is 4.98 Å². The number of sulfonamides is 1. The van der Waals surface area contributed by atoms with Gasteiger partial charge in [-0.3, -0.25) is 0 Å². The predicted molar refractivity (Wildman–Crippen MR) is 77.2 cm³/mol. The molecule has 0 aliphatic carbocycles. The zero-order valence-corrected chi connectivity index (χ0v) is 13.2. The van der Waals surface area contributed by atoms with Crippen LogP contribution in [0.4, 0.5) is 5.95 Å². The van der Waals surface area contributed by atoms with Gasteiger partial charge in [-0.05, 0) is 31.5 Å². The van der Waals surface area contributed by atoms with Gasteiger partial charge in [0.1, 0.15) is 0 Å². The highest BCUT2D eigenvalue weighted by molar-refractivity contribution is 9.10. The van der Waals surface area contributed by atoms with Crippen molar-refractivity contribution in [1.29, 1.82) is 0 Å². The number of ether oxygens (including phenoxy) is 1. The molecule has 2 aromatic rings. The van der Waals surface area contributed by atoms with Crippen LogP contribution in [0, 0.1) is 6.92 Å². The summed E-state index contributed by atoms with van der Waals surface area (Å²) in [5, 5.41) is 6.19. The third kappa shape index (κ3) is 3.28. The monoisotopic (exact) mass is 360 g/mol. The third-order valence-corrected chi connectivity index (χ3v) is 4.38. The van der Waals surface area contributed by atoms with Crippen molar-refractivity contribution in [3.8, 4) is 6.01 Å². The van der Waals surface area contributed by atoms with E-state index in [1.165, 1.54) is 6.07 Å². The average molecular weight is 361 g/mol. The lowest BCUT2D eigenvalue weighted by Gasteiger charge is -2.08. The number of aromatic nitrogens is 3. The van der Waals surface area contributed by atoms with E-state index in [-0.39, 0.29) is 16.9 Å². The summed E-state index contributed by atoms with van der Waals surface area (Å²) in [4.78, 5) is 4.04. The topological polar surface area (TPSA) is 97.0 Å². The number of aryl methyl sites for hydroxylation is 1. The fourth-order valence-electron chi connectivity index (χ4n) is 1.53. The first-order valence-corrected chi connectivity index (χ1v) is 8.04. The van der Waals surface area contributed by atoms with Crippen molar-refractivity contribution in [2.75, 3.05) is 11.3 Å². The fraction of sp³-hybridized carbons (Fsp3) is 0.273. The molecular weight excluding hydrogens is 348 g/mol. The second-order valence-corrected chi connectivity index (χ2v) is 6.48. The van der Waals surface area contributed by atoms with Crippen molar-refractivity contribution in [1.82, 2.24) is 15.2 Å². The van der Waals surface area contributed by atoms with Crippen LogP contribution in [-0.4, -0.2) is 30.2 Å². The Balaban J connectivity index is 2.28. The molecule has 0 spiro atoms. The molecule has 0 bridgehead atoms. The summed E-state index contributed by atoms with van der Waals surface area (Å²) in [5.74, 6) is 0.00725. The molecule has 20 heavy (non-hydrogen) atoms. The third-order valence-electron chi connectivity index (χ3n) is 2.41. The van der Waals surface area contributed by atoms with Crippen LogP contribution in [0.2, 0.25) is 0 Å². The molecule has 9 heteroatoms. The second kappa shape index (κ2) is 5.80. The molecular formula is C11H13BrN4O3S. The molecule has 1 aromatic heterocycles. The minimum Gasteiger partial charge on any atom is -0.463 e. The molecule has 0 amide bonds. The van der Waals surface area contributed by atoms with Crippen LogP contribution in [0.1, 0.15) is 12.5 Å². The highest BCUT2D eigenvalue weighted by atomic mass is 79.9. The van der Waals surface area contributed by atoms with E-state index in [9.17, 15) is 8.42 Å². The van der Waals surface area contributed by atoms with Crippen molar-refractivity contribution in [2.24, 2.45) is 0 Å². The number of halogens is 1. The van der Waals surface area contributed by atoms with E-state index in [2.05, 4.69) is 35.8 Å². The number of hydrogen-bond donors (Lipinski definition) is 2. The van der Waals surface area contributed by atoms with E-state index in [0.29, 0.717) is 16.6 Å². The zero-order valence-electron chi connectivity index (χ0n) is 10.8. The number of hydrogen-bond acceptors (Lipinski definition) is 5. The molecule has 0 aliphatic heterocycles. The first kappa shape index (κ1) is 14.8. The molecule has 0 radical (unpaired) electrons. The number of nitrogens with one attached hydrogen (secondary N) is 2. The summed E-state index contributed by atoms with van der Waals surface area (Å²) in [7, 11) is -3.74. The Kier molecular flexibility index (Phi) is 4.29. The summed E-state index contributed by atoms with van der Waals surface area (Å²) < 4.78 is 32.6. The maximum Gasteiger partial charge on any atom is 0.337 e. The maximum absolute atomic E-state index is 12.3. The summed E-state index contributed by atoms with van der Waals surface area (Å²) in [6.45, 7) is 3.90. The molecule has 0 fully saturated rings. The van der Waals surface area contributed by atoms with Gasteiger partial charge in [0, 0.05) is 4.47 Å². The van der Waals surface area contributed by atoms with E-state index in [1.54, 1.807) is 26.0 Å². The Morgan fingerprint density at radius 2 is 2.20 bits per heavy atom. The van der Waals surface area contributed by atoms with Crippen molar-refractivity contribution < 1.29 is 13.2 Å². The molecule has 2 N–H and O–H groups in total. The van der Waals surface area contributed by atoms with E-state index in [4.69, 9.17) is 4.74 Å². The van der Waals surface area contributed by atoms with Gasteiger partial charge < -0.3 is 4.74 Å². The molecule has 0 atom stereocenters. The van der Waals surface area contributed by atoms with Crippen molar-refractivity contribution in [3.63, 3.8) is 0 Å². The van der Waals surface area contributed by atoms with E-state index in [0.717, 1.165) is 0 Å². The minimum absolute atomic E-state index is 0.00725. The Bertz CT molecular complexity index is 714. The molecule has 1 aromatic carbocycles. The van der Waals surface area contributed by atoms with E-state index in [1.807, 2.05) is 0 Å². The molecule has 0 unspecified atom stereocenters. The van der Waals surface area contributed by atoms with Crippen LogP contribution in [-0.2, 0) is 10.0 Å². The van der Waals surface area contributed by atoms with Gasteiger partial charge in [-0.1, -0.05) is 22.0 Å². The number of H-pyrrole nitrogens is 1. The van der Waals surface area contributed by atoms with Crippen LogP contribution in [0.25, 0.3) is 0 Å². The SMILES string of the molecule is CCOc1n[nH]c(NS(=O)(=O)c2cc(Br)ccc2C)n1. The van der Waals surface area contributed by atoms with Gasteiger partial charge >= 0.3 is 6.01 Å². The van der Waals surface area contributed by atoms with Crippen molar-refractivity contribution in [2.45, 2.75) is 18.7 Å². The lowest BCUT2D eigenvalue weighted by molar-refractivity contribution is 0.314. The van der Waals surface area contributed by atoms with Gasteiger partial charge in [0.15, 0.2) is 0 Å². The van der Waals surface area contributed by atoms with Crippen LogP contribution in [0.15, 0.2) is 27.6 Å². The number of aromatic amines is 1. The van der Waals surface area contributed by atoms with Crippen LogP contribution >= 0.6 is 15.9 Å². The smallest absolute Gasteiger partial charge is 0.337 e. The van der Waals surface area contributed by atoms with Gasteiger partial charge in [0.25, 0.3) is 10.0 Å². The standard InChI is InChI=1S/C11H13BrN4O3S/c1-3-19-11-13-10(14-15-11)16-20(17,18)9-6-8(12)5-4-7(9)2/h4-6H,3H2,1-2H3,(H2,13,14,15,16). The highest BCUT2D eigenvalue weighted by Crippen LogP contribution is 2.22. The van der Waals surface area contributed by atoms with E-state index < -0.39 is 10.0 Å². The Morgan fingerprint density at radius 3 is 2.90 bits per heavy atom. The lowest BCUT2D eigenvalue weighted by Crippen LogP contribution is -2.15. The quantitative estimate of drug-likeness (QED) is 0.850. The number of anilines is 1. The molecule has 7 nitrogen and oxygen atoms in total. The molecule has 0 aliphatic rings. The molecule has 0 saturated carbocycles. The van der Waals surface area contributed by atoms with Crippen LogP contribution < -0.4 is 9.46 Å². The average Bonchev–Trinajstić information content (AvgIpc) is 2.79. The largest absolute Gasteiger partial charge is 0.463 e. The van der Waals surface area contributed by atoms with Gasteiger partial charge in [-0.25, -0.2) is 18.2 Å². The van der Waals surface area contributed by atoms with Gasteiger partial charge in [0.05, 0.1) is 11.5 Å². The van der Waals surface area contributed by atoms with Crippen LogP contribution in [0.5, 0.6) is 6.01 Å². The zero-order chi connectivity index (χ0) is 14.8. The number of rotatable bonds is 5. The number of nitrogens with zero attached hydrogens (tertiary/aromatic N) is 2. The summed E-state index contributed by atoms with van der Waals surface area (Å²) in [6, 6.07) is 5.11. The normalized spacial score (nSPS) is 11.3. The Hall–Kier alpha value is -1.61. The summed E-state index contributed by atoms with van der Waals surface area (Å²) in [6.07, 6.45) is 0.